The van der Waals surface area contributed by atoms with E-state index in [0.717, 1.165) is 58.2 Å². The summed E-state index contributed by atoms with van der Waals surface area (Å²) in [6.45, 7) is 7.30. The molecule has 1 heterocycles. The van der Waals surface area contributed by atoms with Crippen molar-refractivity contribution in [2.75, 3.05) is 19.6 Å². The summed E-state index contributed by atoms with van der Waals surface area (Å²) >= 11 is 0. The summed E-state index contributed by atoms with van der Waals surface area (Å²) in [5.74, 6) is 0.627. The van der Waals surface area contributed by atoms with Crippen LogP contribution < -0.4 is 0 Å². The molecule has 2 rings (SSSR count). The largest absolute Gasteiger partial charge is 0.388 e. The van der Waals surface area contributed by atoms with Crippen LogP contribution in [-0.4, -0.2) is 35.2 Å². The van der Waals surface area contributed by atoms with Crippen molar-refractivity contribution in [1.82, 2.24) is 4.90 Å². The van der Waals surface area contributed by atoms with Crippen LogP contribution in [0.3, 0.4) is 0 Å². The maximum absolute atomic E-state index is 11.1. The molecule has 0 aromatic heterocycles. The van der Waals surface area contributed by atoms with Crippen molar-refractivity contribution in [1.29, 1.82) is 5.26 Å². The van der Waals surface area contributed by atoms with E-state index in [1.54, 1.807) is 0 Å². The molecule has 1 aliphatic heterocycles. The van der Waals surface area contributed by atoms with E-state index in [2.05, 4.69) is 24.8 Å². The third-order valence-electron chi connectivity index (χ3n) is 5.67. The fourth-order valence-corrected chi connectivity index (χ4v) is 4.08. The van der Waals surface area contributed by atoms with Crippen molar-refractivity contribution >= 4 is 0 Å². The van der Waals surface area contributed by atoms with Crippen LogP contribution in [0.4, 0.5) is 0 Å². The van der Waals surface area contributed by atoms with Crippen molar-refractivity contribution in [3.05, 3.63) is 0 Å². The van der Waals surface area contributed by atoms with E-state index in [4.69, 9.17) is 0 Å². The first-order valence-corrected chi connectivity index (χ1v) is 7.95. The van der Waals surface area contributed by atoms with Crippen LogP contribution in [0.25, 0.3) is 0 Å². The quantitative estimate of drug-likeness (QED) is 0.852. The number of rotatable bonds is 3. The molecular weight excluding hydrogens is 236 g/mol. The number of aliphatic hydroxyl groups is 1. The molecule has 1 saturated heterocycles. The minimum atomic E-state index is -0.749. The smallest absolute Gasteiger partial charge is 0.0863 e. The van der Waals surface area contributed by atoms with Crippen LogP contribution in [0.1, 0.15) is 58.8 Å². The minimum absolute atomic E-state index is 0.480. The number of piperidine rings is 1. The van der Waals surface area contributed by atoms with Crippen LogP contribution in [0.2, 0.25) is 0 Å². The first kappa shape index (κ1) is 14.8. The molecule has 3 nitrogen and oxygen atoms in total. The Labute approximate surface area is 117 Å². The fourth-order valence-electron chi connectivity index (χ4n) is 4.08. The van der Waals surface area contributed by atoms with Crippen molar-refractivity contribution < 1.29 is 5.11 Å². The maximum atomic E-state index is 11.1. The minimum Gasteiger partial charge on any atom is -0.388 e. The van der Waals surface area contributed by atoms with Crippen LogP contribution in [0.5, 0.6) is 0 Å². The Morgan fingerprint density at radius 1 is 1.26 bits per heavy atom. The Balaban J connectivity index is 2.14. The molecular formula is C16H28N2O. The molecule has 0 radical (unpaired) electrons. The van der Waals surface area contributed by atoms with E-state index in [1.165, 1.54) is 6.42 Å². The lowest BCUT2D eigenvalue weighted by molar-refractivity contribution is -0.116. The number of nitriles is 1. The summed E-state index contributed by atoms with van der Waals surface area (Å²) < 4.78 is 0. The van der Waals surface area contributed by atoms with Crippen LogP contribution in [-0.2, 0) is 0 Å². The standard InChI is InChI=1S/C16H28N2O/c1-3-14-6-5-7-15(12-14,13-17)16(19)8-10-18(4-2)11-9-16/h14,19H,3-12H2,1-2H3. The molecule has 2 aliphatic rings. The molecule has 2 fully saturated rings. The van der Waals surface area contributed by atoms with Gasteiger partial charge in [-0.1, -0.05) is 33.1 Å². The van der Waals surface area contributed by atoms with Crippen molar-refractivity contribution in [2.45, 2.75) is 64.4 Å². The molecule has 0 amide bonds. The monoisotopic (exact) mass is 264 g/mol. The second kappa shape index (κ2) is 5.81. The SMILES string of the molecule is CCC1CCCC(C#N)(C2(O)CCN(CC)CC2)C1. The number of hydrogen-bond donors (Lipinski definition) is 1. The van der Waals surface area contributed by atoms with Gasteiger partial charge in [-0.2, -0.15) is 5.26 Å². The summed E-state index contributed by atoms with van der Waals surface area (Å²) in [6.07, 6.45) is 6.81. The lowest BCUT2D eigenvalue weighted by Gasteiger charge is -2.50. The zero-order chi connectivity index (χ0) is 13.9. The molecule has 108 valence electrons. The Hall–Kier alpha value is -0.590. The third-order valence-corrected chi connectivity index (χ3v) is 5.67. The van der Waals surface area contributed by atoms with Crippen LogP contribution in [0.15, 0.2) is 0 Å². The van der Waals surface area contributed by atoms with Crippen LogP contribution >= 0.6 is 0 Å². The predicted octanol–water partition coefficient (Wildman–Crippen LogP) is 2.94. The molecule has 2 atom stereocenters. The molecule has 0 spiro atoms. The van der Waals surface area contributed by atoms with Gasteiger partial charge in [0.05, 0.1) is 17.1 Å². The lowest BCUT2D eigenvalue weighted by Crippen LogP contribution is -2.56. The number of likely N-dealkylation sites (tertiary alicyclic amines) is 1. The highest BCUT2D eigenvalue weighted by Crippen LogP contribution is 2.51. The normalized spacial score (nSPS) is 35.8. The second-order valence-electron chi connectivity index (χ2n) is 6.53. The van der Waals surface area contributed by atoms with Gasteiger partial charge in [0.15, 0.2) is 0 Å². The molecule has 0 aromatic carbocycles. The Morgan fingerprint density at radius 2 is 1.95 bits per heavy atom. The molecule has 3 heteroatoms. The summed E-state index contributed by atoms with van der Waals surface area (Å²) in [5, 5.41) is 20.9. The van der Waals surface area contributed by atoms with Gasteiger partial charge < -0.3 is 10.0 Å². The molecule has 2 unspecified atom stereocenters. The molecule has 0 bridgehead atoms. The molecule has 1 saturated carbocycles. The molecule has 1 aliphatic carbocycles. The van der Waals surface area contributed by atoms with Gasteiger partial charge in [-0.15, -0.1) is 0 Å². The average Bonchev–Trinajstić information content (AvgIpc) is 2.48. The Kier molecular flexibility index (Phi) is 4.53. The maximum Gasteiger partial charge on any atom is 0.0863 e. The molecule has 19 heavy (non-hydrogen) atoms. The summed E-state index contributed by atoms with van der Waals surface area (Å²) in [4.78, 5) is 2.37. The van der Waals surface area contributed by atoms with E-state index in [9.17, 15) is 10.4 Å². The fraction of sp³-hybridized carbons (Fsp3) is 0.938. The average molecular weight is 264 g/mol. The van der Waals surface area contributed by atoms with Gasteiger partial charge in [0.1, 0.15) is 0 Å². The van der Waals surface area contributed by atoms with Gasteiger partial charge in [-0.05, 0) is 38.1 Å². The van der Waals surface area contributed by atoms with Crippen molar-refractivity contribution in [3.8, 4) is 6.07 Å². The topological polar surface area (TPSA) is 47.3 Å². The van der Waals surface area contributed by atoms with E-state index in [1.807, 2.05) is 0 Å². The van der Waals surface area contributed by atoms with Crippen molar-refractivity contribution in [3.63, 3.8) is 0 Å². The van der Waals surface area contributed by atoms with Crippen LogP contribution in [0, 0.1) is 22.7 Å². The summed E-state index contributed by atoms with van der Waals surface area (Å²) in [6, 6.07) is 2.56. The Bertz CT molecular complexity index is 341. The van der Waals surface area contributed by atoms with E-state index in [0.29, 0.717) is 5.92 Å². The first-order chi connectivity index (χ1) is 9.09. The second-order valence-corrected chi connectivity index (χ2v) is 6.53. The highest BCUT2D eigenvalue weighted by Gasteiger charge is 2.53. The van der Waals surface area contributed by atoms with Gasteiger partial charge in [-0.25, -0.2) is 0 Å². The highest BCUT2D eigenvalue weighted by atomic mass is 16.3. The zero-order valence-electron chi connectivity index (χ0n) is 12.5. The van der Waals surface area contributed by atoms with Gasteiger partial charge in [0.25, 0.3) is 0 Å². The van der Waals surface area contributed by atoms with Gasteiger partial charge in [0.2, 0.25) is 0 Å². The van der Waals surface area contributed by atoms with E-state index < -0.39 is 11.0 Å². The van der Waals surface area contributed by atoms with Gasteiger partial charge >= 0.3 is 0 Å². The molecule has 0 aromatic rings. The number of hydrogen-bond acceptors (Lipinski definition) is 3. The van der Waals surface area contributed by atoms with Crippen molar-refractivity contribution in [2.24, 2.45) is 11.3 Å². The molecule has 1 N–H and O–H groups in total. The summed E-state index contributed by atoms with van der Waals surface area (Å²) in [5.41, 5.74) is -1.23. The number of nitrogens with zero attached hydrogens (tertiary/aromatic N) is 2. The Morgan fingerprint density at radius 3 is 2.47 bits per heavy atom. The summed E-state index contributed by atoms with van der Waals surface area (Å²) in [7, 11) is 0. The predicted molar refractivity (Wildman–Crippen MR) is 76.6 cm³/mol. The zero-order valence-corrected chi connectivity index (χ0v) is 12.5. The third kappa shape index (κ3) is 2.66. The highest BCUT2D eigenvalue weighted by molar-refractivity contribution is 5.14. The first-order valence-electron chi connectivity index (χ1n) is 7.95. The lowest BCUT2D eigenvalue weighted by atomic mass is 9.58. The van der Waals surface area contributed by atoms with Gasteiger partial charge in [-0.3, -0.25) is 0 Å². The van der Waals surface area contributed by atoms with E-state index in [-0.39, 0.29) is 0 Å². The van der Waals surface area contributed by atoms with E-state index >= 15 is 0 Å². The van der Waals surface area contributed by atoms with Gasteiger partial charge in [0, 0.05) is 13.1 Å².